The van der Waals surface area contributed by atoms with Gasteiger partial charge in [-0.2, -0.15) is 10.5 Å². The minimum atomic E-state index is -0.482. The summed E-state index contributed by atoms with van der Waals surface area (Å²) >= 11 is 9.77. The van der Waals surface area contributed by atoms with E-state index in [0.29, 0.717) is 11.8 Å². The Kier molecular flexibility index (Phi) is 6.38. The predicted molar refractivity (Wildman–Crippen MR) is 59.1 cm³/mol. The molecule has 0 aliphatic rings. The van der Waals surface area contributed by atoms with E-state index in [4.69, 9.17) is 32.5 Å². The van der Waals surface area contributed by atoms with Gasteiger partial charge in [0.15, 0.2) is 5.04 Å². The van der Waals surface area contributed by atoms with E-state index >= 15 is 0 Å². The first-order chi connectivity index (χ1) is 7.10. The molecule has 0 radical (unpaired) electrons. The molecule has 15 heavy (non-hydrogen) atoms. The van der Waals surface area contributed by atoms with Crippen LogP contribution in [0.5, 0.6) is 0 Å². The Balaban J connectivity index is 5.00. The van der Waals surface area contributed by atoms with Crippen molar-refractivity contribution >= 4 is 46.2 Å². The van der Waals surface area contributed by atoms with Crippen molar-refractivity contribution in [3.63, 3.8) is 0 Å². The summed E-state index contributed by atoms with van der Waals surface area (Å²) in [6, 6.07) is 3.15. The van der Waals surface area contributed by atoms with Crippen LogP contribution >= 0.6 is 36.0 Å². The third kappa shape index (κ3) is 4.13. The molecule has 6 nitrogen and oxygen atoms in total. The van der Waals surface area contributed by atoms with Crippen LogP contribution in [0.25, 0.3) is 0 Å². The van der Waals surface area contributed by atoms with Crippen LogP contribution in [-0.2, 0) is 0 Å². The van der Waals surface area contributed by atoms with Crippen molar-refractivity contribution in [3.05, 3.63) is 9.81 Å². The predicted octanol–water partition coefficient (Wildman–Crippen LogP) is 1.72. The van der Waals surface area contributed by atoms with Gasteiger partial charge in [0, 0.05) is 0 Å². The van der Waals surface area contributed by atoms with Crippen molar-refractivity contribution in [2.45, 2.75) is 0 Å². The standard InChI is InChI=1S/C6H3ClN4O2S2/c7-4(10-12)5(11-13)15-6(14)3(1-8)2-9/h12-14H. The zero-order valence-corrected chi connectivity index (χ0v) is 9.38. The van der Waals surface area contributed by atoms with E-state index in [2.05, 4.69) is 22.9 Å². The molecule has 0 saturated heterocycles. The maximum Gasteiger partial charge on any atom is 0.204 e. The van der Waals surface area contributed by atoms with Gasteiger partial charge in [-0.25, -0.2) is 0 Å². The maximum atomic E-state index is 8.47. The van der Waals surface area contributed by atoms with Gasteiger partial charge >= 0.3 is 0 Å². The fraction of sp³-hybridized carbons (Fsp3) is 0. The molecule has 0 aliphatic carbocycles. The lowest BCUT2D eigenvalue weighted by atomic mass is 10.4. The first kappa shape index (κ1) is 13.7. The van der Waals surface area contributed by atoms with Crippen LogP contribution in [0.1, 0.15) is 0 Å². The Labute approximate surface area is 99.5 Å². The summed E-state index contributed by atoms with van der Waals surface area (Å²) in [4.78, 5) is 0. The molecule has 78 valence electrons. The van der Waals surface area contributed by atoms with Gasteiger partial charge in [-0.15, -0.1) is 12.6 Å². The highest BCUT2D eigenvalue weighted by Gasteiger charge is 2.13. The molecular formula is C6H3ClN4O2S2. The Hall–Kier alpha value is -1.35. The molecule has 0 fully saturated rings. The first-order valence-corrected chi connectivity index (χ1v) is 4.76. The van der Waals surface area contributed by atoms with Crippen molar-refractivity contribution in [2.24, 2.45) is 10.3 Å². The third-order valence-corrected chi connectivity index (χ3v) is 2.72. The molecule has 0 heterocycles. The molecule has 0 aliphatic heterocycles. The summed E-state index contributed by atoms with van der Waals surface area (Å²) in [6.45, 7) is 0. The van der Waals surface area contributed by atoms with Gasteiger partial charge in [-0.05, 0) is 0 Å². The van der Waals surface area contributed by atoms with Gasteiger partial charge in [0.2, 0.25) is 5.17 Å². The fourth-order valence-electron chi connectivity index (χ4n) is 0.410. The smallest absolute Gasteiger partial charge is 0.204 e. The molecule has 0 aromatic heterocycles. The summed E-state index contributed by atoms with van der Waals surface area (Å²) in [6.07, 6.45) is 0. The third-order valence-electron chi connectivity index (χ3n) is 0.986. The van der Waals surface area contributed by atoms with Crippen molar-refractivity contribution in [2.75, 3.05) is 0 Å². The number of hydrogen-bond donors (Lipinski definition) is 3. The minimum Gasteiger partial charge on any atom is -0.410 e. The van der Waals surface area contributed by atoms with E-state index < -0.39 is 5.17 Å². The zero-order chi connectivity index (χ0) is 11.8. The monoisotopic (exact) mass is 262 g/mol. The van der Waals surface area contributed by atoms with E-state index in [1.165, 1.54) is 0 Å². The molecular weight excluding hydrogens is 260 g/mol. The van der Waals surface area contributed by atoms with Gasteiger partial charge in [0.05, 0.1) is 4.24 Å². The van der Waals surface area contributed by atoms with Gasteiger partial charge < -0.3 is 10.4 Å². The van der Waals surface area contributed by atoms with Gasteiger partial charge in [-0.3, -0.25) is 0 Å². The second-order valence-electron chi connectivity index (χ2n) is 1.80. The molecule has 0 unspecified atom stereocenters. The zero-order valence-electron chi connectivity index (χ0n) is 6.92. The van der Waals surface area contributed by atoms with Crippen molar-refractivity contribution in [1.29, 1.82) is 10.5 Å². The molecule has 0 atom stereocenters. The van der Waals surface area contributed by atoms with Crippen LogP contribution in [0.15, 0.2) is 20.1 Å². The topological polar surface area (TPSA) is 113 Å². The molecule has 0 bridgehead atoms. The van der Waals surface area contributed by atoms with Crippen LogP contribution in [0.4, 0.5) is 0 Å². The second kappa shape index (κ2) is 7.01. The van der Waals surface area contributed by atoms with E-state index in [9.17, 15) is 0 Å². The number of allylic oxidation sites excluding steroid dienone is 1. The molecule has 0 aromatic carbocycles. The molecule has 9 heteroatoms. The molecule has 0 amide bonds. The Morgan fingerprint density at radius 1 is 1.27 bits per heavy atom. The fourth-order valence-corrected chi connectivity index (χ4v) is 1.47. The summed E-state index contributed by atoms with van der Waals surface area (Å²) < 4.78 is -0.0189. The number of halogens is 1. The van der Waals surface area contributed by atoms with Gasteiger partial charge in [0.1, 0.15) is 17.7 Å². The van der Waals surface area contributed by atoms with Crippen molar-refractivity contribution in [1.82, 2.24) is 0 Å². The lowest BCUT2D eigenvalue weighted by molar-refractivity contribution is 0.316. The molecule has 0 rings (SSSR count). The second-order valence-corrected chi connectivity index (χ2v) is 3.91. The van der Waals surface area contributed by atoms with E-state index in [0.717, 1.165) is 0 Å². The van der Waals surface area contributed by atoms with E-state index in [1.54, 1.807) is 12.1 Å². The molecule has 0 spiro atoms. The number of oxime groups is 2. The van der Waals surface area contributed by atoms with Crippen LogP contribution in [0.2, 0.25) is 0 Å². The largest absolute Gasteiger partial charge is 0.410 e. The Bertz CT molecular complexity index is 402. The first-order valence-electron chi connectivity index (χ1n) is 3.12. The highest BCUT2D eigenvalue weighted by molar-refractivity contribution is 8.27. The number of rotatable bonds is 2. The summed E-state index contributed by atoms with van der Waals surface area (Å²) in [5, 5.41) is 38.2. The number of thioether (sulfide) groups is 1. The highest BCUT2D eigenvalue weighted by Crippen LogP contribution is 2.25. The molecule has 0 saturated carbocycles. The summed E-state index contributed by atoms with van der Waals surface area (Å²) in [5.74, 6) is 0. The molecule has 0 aromatic rings. The minimum absolute atomic E-state index is 0.0189. The van der Waals surface area contributed by atoms with E-state index in [-0.39, 0.29) is 14.9 Å². The van der Waals surface area contributed by atoms with E-state index in [1.807, 2.05) is 0 Å². The number of nitriles is 2. The van der Waals surface area contributed by atoms with Crippen molar-refractivity contribution < 1.29 is 10.4 Å². The normalized spacial score (nSPS) is 11.5. The average molecular weight is 263 g/mol. The molecule has 2 N–H and O–H groups in total. The SMILES string of the molecule is N#CC(C#N)=C(S)SC(=NO)C(Cl)=NO. The highest BCUT2D eigenvalue weighted by atomic mass is 35.5. The van der Waals surface area contributed by atoms with Gasteiger partial charge in [-0.1, -0.05) is 33.7 Å². The Morgan fingerprint density at radius 2 is 1.80 bits per heavy atom. The maximum absolute atomic E-state index is 8.47. The Morgan fingerprint density at radius 3 is 2.13 bits per heavy atom. The van der Waals surface area contributed by atoms with Crippen LogP contribution < -0.4 is 0 Å². The summed E-state index contributed by atoms with van der Waals surface area (Å²) in [7, 11) is 0. The number of thiol groups is 1. The summed E-state index contributed by atoms with van der Waals surface area (Å²) in [5.41, 5.74) is -0.271. The lowest BCUT2D eigenvalue weighted by Gasteiger charge is -1.99. The number of nitrogens with zero attached hydrogens (tertiary/aromatic N) is 4. The van der Waals surface area contributed by atoms with Gasteiger partial charge in [0.25, 0.3) is 0 Å². The number of hydrogen-bond acceptors (Lipinski definition) is 8. The average Bonchev–Trinajstić information content (AvgIpc) is 2.26. The van der Waals surface area contributed by atoms with Crippen LogP contribution in [-0.4, -0.2) is 20.6 Å². The van der Waals surface area contributed by atoms with Crippen LogP contribution in [0, 0.1) is 22.7 Å². The lowest BCUT2D eigenvalue weighted by Crippen LogP contribution is -2.03. The van der Waals surface area contributed by atoms with Crippen molar-refractivity contribution in [3.8, 4) is 12.1 Å². The van der Waals surface area contributed by atoms with Crippen LogP contribution in [0.3, 0.4) is 0 Å². The quantitative estimate of drug-likeness (QED) is 0.175.